The van der Waals surface area contributed by atoms with Crippen LogP contribution >= 0.6 is 11.6 Å². The summed E-state index contributed by atoms with van der Waals surface area (Å²) in [5.74, 6) is -0.504. The number of fused-ring (bicyclic) bond motifs is 3. The second-order valence-corrected chi connectivity index (χ2v) is 16.4. The molecule has 0 aromatic heterocycles. The Balaban J connectivity index is 1.07. The Morgan fingerprint density at radius 1 is 0.690 bits per heavy atom. The minimum atomic E-state index is -1.46. The molecule has 1 heterocycles. The van der Waals surface area contributed by atoms with E-state index in [1.165, 1.54) is 44.1 Å². The fraction of sp³-hybridized carbons (Fsp3) is 0.340. The molecular weight excluding hydrogens is 744 g/mol. The number of carbonyl (C=O) groups is 3. The predicted molar refractivity (Wildman–Crippen MR) is 228 cm³/mol. The summed E-state index contributed by atoms with van der Waals surface area (Å²) in [6.07, 6.45) is 9.21. The van der Waals surface area contributed by atoms with Crippen molar-refractivity contribution in [2.24, 2.45) is 5.92 Å². The van der Waals surface area contributed by atoms with Gasteiger partial charge in [-0.25, -0.2) is 4.79 Å². The molecule has 0 spiro atoms. The first-order valence-corrected chi connectivity index (χ1v) is 21.3. The highest BCUT2D eigenvalue weighted by atomic mass is 35.5. The van der Waals surface area contributed by atoms with E-state index in [4.69, 9.17) is 21.1 Å². The molecule has 58 heavy (non-hydrogen) atoms. The van der Waals surface area contributed by atoms with Gasteiger partial charge in [-0.2, -0.15) is 0 Å². The van der Waals surface area contributed by atoms with E-state index in [0.29, 0.717) is 35.2 Å². The van der Waals surface area contributed by atoms with E-state index in [0.717, 1.165) is 47.1 Å². The highest BCUT2D eigenvalue weighted by Gasteiger charge is 2.43. The summed E-state index contributed by atoms with van der Waals surface area (Å²) >= 11 is 7.00. The molecule has 7 nitrogen and oxygen atoms in total. The molecule has 5 aromatic rings. The number of likely N-dealkylation sites (tertiary alicyclic amines) is 1. The van der Waals surface area contributed by atoms with Gasteiger partial charge in [-0.3, -0.25) is 9.59 Å². The molecule has 2 atom stereocenters. The second kappa shape index (κ2) is 18.0. The zero-order valence-electron chi connectivity index (χ0n) is 32.9. The van der Waals surface area contributed by atoms with E-state index in [1.54, 1.807) is 11.0 Å². The Morgan fingerprint density at radius 3 is 1.93 bits per heavy atom. The average molecular weight is 795 g/mol. The number of hydrogen-bond donors (Lipinski definition) is 1. The standard InChI is InChI=1S/C50H51ClN2O5/c51-45-25-13-12-24-44(45)50(37-18-6-3-7-19-37,38-28-26-36(27-29-38)32-35-16-4-1-2-5-17-35)58-47(54)33-46(48(55)53-30-14-15-31-53)52-49(56)57-34-43-41-22-10-8-20-39(41)40-21-9-11-23-42(40)43/h3,6-13,18-29,35,43,46H,1-2,4-5,14-17,30-34H2,(H,52,56)/t46-,50?/m0/s1. The van der Waals surface area contributed by atoms with Gasteiger partial charge in [-0.15, -0.1) is 0 Å². The summed E-state index contributed by atoms with van der Waals surface area (Å²) in [6.45, 7) is 1.18. The number of halogens is 1. The normalized spacial score (nSPS) is 17.0. The number of hydrogen-bond acceptors (Lipinski definition) is 5. The second-order valence-electron chi connectivity index (χ2n) is 16.0. The monoisotopic (exact) mass is 794 g/mol. The number of benzene rings is 5. The van der Waals surface area contributed by atoms with Crippen LogP contribution in [0.5, 0.6) is 0 Å². The molecular formula is C50H51ClN2O5. The van der Waals surface area contributed by atoms with Crippen LogP contribution in [0.3, 0.4) is 0 Å². The van der Waals surface area contributed by atoms with Crippen molar-refractivity contribution in [2.75, 3.05) is 19.7 Å². The maximum Gasteiger partial charge on any atom is 0.407 e. The molecule has 1 saturated carbocycles. The van der Waals surface area contributed by atoms with Gasteiger partial charge < -0.3 is 19.7 Å². The zero-order valence-corrected chi connectivity index (χ0v) is 33.7. The van der Waals surface area contributed by atoms with Crippen LogP contribution in [0, 0.1) is 5.92 Å². The number of nitrogens with zero attached hydrogens (tertiary/aromatic N) is 1. The van der Waals surface area contributed by atoms with Gasteiger partial charge >= 0.3 is 12.1 Å². The maximum atomic E-state index is 14.6. The summed E-state index contributed by atoms with van der Waals surface area (Å²) in [5.41, 5.74) is 6.22. The van der Waals surface area contributed by atoms with Crippen molar-refractivity contribution in [1.82, 2.24) is 10.2 Å². The lowest BCUT2D eigenvalue weighted by atomic mass is 9.79. The van der Waals surface area contributed by atoms with Crippen molar-refractivity contribution in [3.8, 4) is 11.1 Å². The van der Waals surface area contributed by atoms with Crippen molar-refractivity contribution in [3.05, 3.63) is 166 Å². The van der Waals surface area contributed by atoms with Gasteiger partial charge in [0.2, 0.25) is 5.91 Å². The third kappa shape index (κ3) is 8.42. The Bertz CT molecular complexity index is 2170. The Morgan fingerprint density at radius 2 is 1.28 bits per heavy atom. The molecule has 1 saturated heterocycles. The molecule has 1 unspecified atom stereocenters. The number of amides is 2. The van der Waals surface area contributed by atoms with E-state index in [1.807, 2.05) is 84.9 Å². The number of esters is 1. The molecule has 2 aliphatic carbocycles. The van der Waals surface area contributed by atoms with Crippen LogP contribution < -0.4 is 5.32 Å². The maximum absolute atomic E-state index is 14.6. The van der Waals surface area contributed by atoms with E-state index >= 15 is 0 Å². The van der Waals surface area contributed by atoms with E-state index < -0.39 is 30.1 Å². The lowest BCUT2D eigenvalue weighted by molar-refractivity contribution is -0.156. The first kappa shape index (κ1) is 39.4. The van der Waals surface area contributed by atoms with Crippen molar-refractivity contribution < 1.29 is 23.9 Å². The molecule has 2 amide bonds. The van der Waals surface area contributed by atoms with Gasteiger partial charge in [0.15, 0.2) is 5.60 Å². The van der Waals surface area contributed by atoms with E-state index in [9.17, 15) is 14.4 Å². The average Bonchev–Trinajstić information content (AvgIpc) is 3.82. The number of nitrogens with one attached hydrogen (secondary N) is 1. The highest BCUT2D eigenvalue weighted by Crippen LogP contribution is 2.46. The summed E-state index contributed by atoms with van der Waals surface area (Å²) < 4.78 is 12.6. The van der Waals surface area contributed by atoms with Gasteiger partial charge in [0.25, 0.3) is 0 Å². The molecule has 0 bridgehead atoms. The smallest absolute Gasteiger partial charge is 0.407 e. The van der Waals surface area contributed by atoms with Crippen LogP contribution in [-0.4, -0.2) is 48.6 Å². The van der Waals surface area contributed by atoms with Crippen molar-refractivity contribution >= 4 is 29.6 Å². The van der Waals surface area contributed by atoms with Crippen molar-refractivity contribution in [3.63, 3.8) is 0 Å². The lowest BCUT2D eigenvalue weighted by Crippen LogP contribution is -2.49. The minimum Gasteiger partial charge on any atom is -0.449 e. The molecule has 3 aliphatic rings. The molecule has 298 valence electrons. The van der Waals surface area contributed by atoms with Gasteiger partial charge in [-0.05, 0) is 59.1 Å². The molecule has 8 rings (SSSR count). The fourth-order valence-corrected chi connectivity index (χ4v) is 9.64. The third-order valence-corrected chi connectivity index (χ3v) is 12.6. The summed E-state index contributed by atoms with van der Waals surface area (Å²) in [7, 11) is 0. The number of ether oxygens (including phenoxy) is 2. The molecule has 5 aromatic carbocycles. The first-order valence-electron chi connectivity index (χ1n) is 20.9. The van der Waals surface area contributed by atoms with E-state index in [2.05, 4.69) is 41.7 Å². The Kier molecular flexibility index (Phi) is 12.3. The number of alkyl carbamates (subject to hydrolysis) is 1. The largest absolute Gasteiger partial charge is 0.449 e. The summed E-state index contributed by atoms with van der Waals surface area (Å²) in [5, 5.41) is 3.22. The van der Waals surface area contributed by atoms with Crippen LogP contribution in [0.1, 0.15) is 97.1 Å². The molecule has 1 aliphatic heterocycles. The summed E-state index contributed by atoms with van der Waals surface area (Å²) in [6, 6.07) is 40.4. The lowest BCUT2D eigenvalue weighted by Gasteiger charge is -2.36. The van der Waals surface area contributed by atoms with Crippen LogP contribution in [0.25, 0.3) is 11.1 Å². The Labute approximate surface area is 346 Å². The highest BCUT2D eigenvalue weighted by molar-refractivity contribution is 6.31. The van der Waals surface area contributed by atoms with Crippen LogP contribution in [0.15, 0.2) is 127 Å². The van der Waals surface area contributed by atoms with Crippen LogP contribution in [0.2, 0.25) is 5.02 Å². The van der Waals surface area contributed by atoms with Gasteiger partial charge in [0.1, 0.15) is 12.6 Å². The van der Waals surface area contributed by atoms with Gasteiger partial charge in [0.05, 0.1) is 6.42 Å². The quantitative estimate of drug-likeness (QED) is 0.0772. The molecule has 0 radical (unpaired) electrons. The fourth-order valence-electron chi connectivity index (χ4n) is 9.37. The molecule has 8 heteroatoms. The number of rotatable bonds is 12. The van der Waals surface area contributed by atoms with Crippen molar-refractivity contribution in [2.45, 2.75) is 81.8 Å². The Hall–Kier alpha value is -5.40. The summed E-state index contributed by atoms with van der Waals surface area (Å²) in [4.78, 5) is 44.0. The molecule has 2 fully saturated rings. The topological polar surface area (TPSA) is 84.9 Å². The van der Waals surface area contributed by atoms with Crippen molar-refractivity contribution in [1.29, 1.82) is 0 Å². The van der Waals surface area contributed by atoms with Gasteiger partial charge in [0, 0.05) is 40.7 Å². The minimum absolute atomic E-state index is 0.0787. The third-order valence-electron chi connectivity index (χ3n) is 12.3. The number of carbonyl (C=O) groups excluding carboxylic acids is 3. The zero-order chi connectivity index (χ0) is 39.9. The predicted octanol–water partition coefficient (Wildman–Crippen LogP) is 10.6. The van der Waals surface area contributed by atoms with Crippen LogP contribution in [0.4, 0.5) is 4.79 Å². The first-order chi connectivity index (χ1) is 28.4. The van der Waals surface area contributed by atoms with E-state index in [-0.39, 0.29) is 18.4 Å². The van der Waals surface area contributed by atoms with Gasteiger partial charge in [-0.1, -0.05) is 171 Å². The van der Waals surface area contributed by atoms with Crippen LogP contribution in [-0.2, 0) is 31.1 Å². The SMILES string of the molecule is O=C(C[C@H](NC(=O)OCC1c2ccccc2-c2ccccc21)C(=O)N1CCCC1)OC(c1ccccc1)(c1ccc(CC2CCCCCC2)cc1)c1ccccc1Cl. The molecule has 1 N–H and O–H groups in total.